The third kappa shape index (κ3) is 5.15. The number of esters is 1. The Morgan fingerprint density at radius 1 is 1.48 bits per heavy atom. The van der Waals surface area contributed by atoms with Crippen LogP contribution in [0.25, 0.3) is 0 Å². The van der Waals surface area contributed by atoms with Crippen LogP contribution in [0.1, 0.15) is 18.2 Å². The number of anilines is 1. The lowest BCUT2D eigenvalue weighted by Crippen LogP contribution is -2.08. The Balaban J connectivity index is 1.79. The summed E-state index contributed by atoms with van der Waals surface area (Å²) in [6.07, 6.45) is 0.903. The van der Waals surface area contributed by atoms with Gasteiger partial charge in [0.15, 0.2) is 5.13 Å². The minimum absolute atomic E-state index is 0.190. The van der Waals surface area contributed by atoms with Gasteiger partial charge >= 0.3 is 5.97 Å². The first-order chi connectivity index (χ1) is 10.2. The largest absolute Gasteiger partial charge is 0.466 e. The van der Waals surface area contributed by atoms with Crippen LogP contribution in [0.2, 0.25) is 0 Å². The summed E-state index contributed by atoms with van der Waals surface area (Å²) >= 11 is 1.44. The number of benzene rings is 1. The Kier molecular flexibility index (Phi) is 5.68. The number of thiazole rings is 1. The van der Waals surface area contributed by atoms with E-state index in [9.17, 15) is 9.18 Å². The van der Waals surface area contributed by atoms with Crippen molar-refractivity contribution in [3.8, 4) is 0 Å². The van der Waals surface area contributed by atoms with Crippen LogP contribution in [0.4, 0.5) is 9.52 Å². The molecule has 2 rings (SSSR count). The molecule has 1 aromatic carbocycles. The second-order valence-corrected chi connectivity index (χ2v) is 5.29. The van der Waals surface area contributed by atoms with Crippen molar-refractivity contribution in [2.75, 3.05) is 18.5 Å². The molecule has 112 valence electrons. The normalized spacial score (nSPS) is 10.4. The number of rotatable bonds is 7. The fourth-order valence-corrected chi connectivity index (χ4v) is 2.57. The van der Waals surface area contributed by atoms with Gasteiger partial charge in [0.1, 0.15) is 5.82 Å². The van der Waals surface area contributed by atoms with E-state index in [-0.39, 0.29) is 18.2 Å². The number of hydrogen-bond donors (Lipinski definition) is 1. The van der Waals surface area contributed by atoms with Crippen molar-refractivity contribution in [1.29, 1.82) is 0 Å². The molecule has 1 aromatic heterocycles. The summed E-state index contributed by atoms with van der Waals surface area (Å²) in [5.41, 5.74) is 1.64. The third-order valence-corrected chi connectivity index (χ3v) is 3.61. The molecule has 0 radical (unpaired) electrons. The molecule has 0 unspecified atom stereocenters. The highest BCUT2D eigenvalue weighted by molar-refractivity contribution is 7.13. The highest BCUT2D eigenvalue weighted by Gasteiger charge is 2.08. The molecule has 1 N–H and O–H groups in total. The van der Waals surface area contributed by atoms with Crippen LogP contribution < -0.4 is 5.32 Å². The third-order valence-electron chi connectivity index (χ3n) is 2.76. The zero-order valence-electron chi connectivity index (χ0n) is 11.8. The van der Waals surface area contributed by atoms with Gasteiger partial charge in [-0.25, -0.2) is 9.37 Å². The second kappa shape index (κ2) is 7.73. The van der Waals surface area contributed by atoms with Crippen LogP contribution in [0, 0.1) is 5.82 Å². The number of ether oxygens (including phenoxy) is 1. The summed E-state index contributed by atoms with van der Waals surface area (Å²) in [5.74, 6) is -0.493. The monoisotopic (exact) mass is 308 g/mol. The predicted molar refractivity (Wildman–Crippen MR) is 81.0 cm³/mol. The van der Waals surface area contributed by atoms with Crippen molar-refractivity contribution in [2.24, 2.45) is 0 Å². The average molecular weight is 308 g/mol. The molecule has 0 aliphatic rings. The molecule has 0 amide bonds. The number of hydrogen-bond acceptors (Lipinski definition) is 5. The van der Waals surface area contributed by atoms with Gasteiger partial charge < -0.3 is 10.1 Å². The summed E-state index contributed by atoms with van der Waals surface area (Å²) in [6.45, 7) is 2.82. The molecule has 0 bridgehead atoms. The Morgan fingerprint density at radius 3 is 3.10 bits per heavy atom. The number of carbonyl (C=O) groups is 1. The van der Waals surface area contributed by atoms with E-state index >= 15 is 0 Å². The summed E-state index contributed by atoms with van der Waals surface area (Å²) in [6, 6.07) is 6.54. The minimum atomic E-state index is -0.269. The molecule has 0 fully saturated rings. The predicted octanol–water partition coefficient (Wildman–Crippen LogP) is 3.04. The van der Waals surface area contributed by atoms with E-state index < -0.39 is 0 Å². The van der Waals surface area contributed by atoms with Gasteiger partial charge in [0.2, 0.25) is 0 Å². The highest BCUT2D eigenvalue weighted by atomic mass is 32.1. The number of carbonyl (C=O) groups excluding carboxylic acids is 1. The fraction of sp³-hybridized carbons (Fsp3) is 0.333. The van der Waals surface area contributed by atoms with E-state index in [4.69, 9.17) is 4.74 Å². The van der Waals surface area contributed by atoms with Crippen LogP contribution in [0.3, 0.4) is 0 Å². The van der Waals surface area contributed by atoms with E-state index in [2.05, 4.69) is 10.3 Å². The van der Waals surface area contributed by atoms with Crippen molar-refractivity contribution in [2.45, 2.75) is 19.8 Å². The van der Waals surface area contributed by atoms with Gasteiger partial charge in [-0.1, -0.05) is 12.1 Å². The SMILES string of the molecule is CCOC(=O)Cc1csc(NCCc2cccc(F)c2)n1. The van der Waals surface area contributed by atoms with Crippen LogP contribution >= 0.6 is 11.3 Å². The van der Waals surface area contributed by atoms with Crippen LogP contribution in [-0.2, 0) is 22.4 Å². The lowest BCUT2D eigenvalue weighted by Gasteiger charge is -2.03. The van der Waals surface area contributed by atoms with Crippen LogP contribution in [0.15, 0.2) is 29.6 Å². The maximum absolute atomic E-state index is 13.0. The molecule has 0 atom stereocenters. The maximum atomic E-state index is 13.0. The van der Waals surface area contributed by atoms with Crippen LogP contribution in [0.5, 0.6) is 0 Å². The van der Waals surface area contributed by atoms with Crippen molar-refractivity contribution in [1.82, 2.24) is 4.98 Å². The molecule has 0 aliphatic heterocycles. The average Bonchev–Trinajstić information content (AvgIpc) is 2.86. The zero-order chi connectivity index (χ0) is 15.1. The number of nitrogens with zero attached hydrogens (tertiary/aromatic N) is 1. The Labute approximate surface area is 127 Å². The van der Waals surface area contributed by atoms with Gasteiger partial charge in [0, 0.05) is 11.9 Å². The molecular formula is C15H17FN2O2S. The molecule has 0 saturated carbocycles. The van der Waals surface area contributed by atoms with E-state index in [0.29, 0.717) is 25.3 Å². The number of nitrogens with one attached hydrogen (secondary N) is 1. The van der Waals surface area contributed by atoms with Crippen molar-refractivity contribution >= 4 is 22.4 Å². The Hall–Kier alpha value is -1.95. The second-order valence-electron chi connectivity index (χ2n) is 4.43. The zero-order valence-corrected chi connectivity index (χ0v) is 12.6. The molecule has 0 saturated heterocycles. The summed E-state index contributed by atoms with van der Waals surface area (Å²) in [7, 11) is 0. The van der Waals surface area contributed by atoms with E-state index in [1.807, 2.05) is 11.4 Å². The molecule has 0 spiro atoms. The Morgan fingerprint density at radius 2 is 2.33 bits per heavy atom. The summed E-state index contributed by atoms with van der Waals surface area (Å²) in [5, 5.41) is 5.76. The van der Waals surface area contributed by atoms with Gasteiger partial charge in [-0.15, -0.1) is 11.3 Å². The number of aromatic nitrogens is 1. The standard InChI is InChI=1S/C15H17FN2O2S/c1-2-20-14(19)9-13-10-21-15(18-13)17-7-6-11-4-3-5-12(16)8-11/h3-5,8,10H,2,6-7,9H2,1H3,(H,17,18). The lowest BCUT2D eigenvalue weighted by atomic mass is 10.1. The first-order valence-electron chi connectivity index (χ1n) is 6.75. The molecular weight excluding hydrogens is 291 g/mol. The van der Waals surface area contributed by atoms with Gasteiger partial charge in [0.25, 0.3) is 0 Å². The van der Waals surface area contributed by atoms with Gasteiger partial charge in [-0.05, 0) is 31.0 Å². The Bertz CT molecular complexity index is 601. The fourth-order valence-electron chi connectivity index (χ4n) is 1.84. The first-order valence-corrected chi connectivity index (χ1v) is 7.63. The quantitative estimate of drug-likeness (QED) is 0.799. The van der Waals surface area contributed by atoms with E-state index in [0.717, 1.165) is 10.7 Å². The molecule has 21 heavy (non-hydrogen) atoms. The molecule has 6 heteroatoms. The molecule has 0 aliphatic carbocycles. The van der Waals surface area contributed by atoms with Crippen molar-refractivity contribution in [3.05, 3.63) is 46.7 Å². The molecule has 2 aromatic rings. The first kappa shape index (κ1) is 15.4. The molecule has 1 heterocycles. The molecule has 4 nitrogen and oxygen atoms in total. The van der Waals surface area contributed by atoms with Gasteiger partial charge in [0.05, 0.1) is 18.7 Å². The van der Waals surface area contributed by atoms with E-state index in [1.165, 1.54) is 23.5 Å². The number of halogens is 1. The smallest absolute Gasteiger partial charge is 0.311 e. The lowest BCUT2D eigenvalue weighted by molar-refractivity contribution is -0.142. The highest BCUT2D eigenvalue weighted by Crippen LogP contribution is 2.16. The topological polar surface area (TPSA) is 51.2 Å². The van der Waals surface area contributed by atoms with Gasteiger partial charge in [-0.2, -0.15) is 0 Å². The summed E-state index contributed by atoms with van der Waals surface area (Å²) < 4.78 is 17.9. The maximum Gasteiger partial charge on any atom is 0.311 e. The minimum Gasteiger partial charge on any atom is -0.466 e. The van der Waals surface area contributed by atoms with Crippen molar-refractivity contribution < 1.29 is 13.9 Å². The van der Waals surface area contributed by atoms with Crippen LogP contribution in [-0.4, -0.2) is 24.1 Å². The summed E-state index contributed by atoms with van der Waals surface area (Å²) in [4.78, 5) is 15.7. The van der Waals surface area contributed by atoms with Gasteiger partial charge in [-0.3, -0.25) is 4.79 Å². The van der Waals surface area contributed by atoms with E-state index in [1.54, 1.807) is 13.0 Å². The van der Waals surface area contributed by atoms with Crippen molar-refractivity contribution in [3.63, 3.8) is 0 Å².